The molecule has 0 amide bonds. The van der Waals surface area contributed by atoms with E-state index in [1.807, 2.05) is 13.8 Å². The second-order valence-electron chi connectivity index (χ2n) is 6.07. The lowest BCUT2D eigenvalue weighted by Gasteiger charge is -2.28. The molecular formula is C17H20O4. The number of carbonyl (C=O) groups excluding carboxylic acids is 2. The van der Waals surface area contributed by atoms with Crippen LogP contribution in [0.1, 0.15) is 32.3 Å². The first-order valence-electron chi connectivity index (χ1n) is 6.86. The minimum absolute atomic E-state index is 0.0990. The van der Waals surface area contributed by atoms with Gasteiger partial charge in [0, 0.05) is 18.9 Å². The van der Waals surface area contributed by atoms with Crippen LogP contribution in [0.3, 0.4) is 0 Å². The van der Waals surface area contributed by atoms with Crippen LogP contribution in [0.4, 0.5) is 0 Å². The molecule has 0 heterocycles. The minimum atomic E-state index is -0.252. The monoisotopic (exact) mass is 288 g/mol. The van der Waals surface area contributed by atoms with Crippen molar-refractivity contribution >= 4 is 17.6 Å². The van der Waals surface area contributed by atoms with Crippen LogP contribution in [-0.4, -0.2) is 25.8 Å². The van der Waals surface area contributed by atoms with Crippen molar-refractivity contribution in [1.29, 1.82) is 0 Å². The number of hydrogen-bond donors (Lipinski definition) is 0. The molecule has 4 heteroatoms. The van der Waals surface area contributed by atoms with Crippen LogP contribution >= 0.6 is 0 Å². The fourth-order valence-electron chi connectivity index (χ4n) is 2.52. The molecule has 0 radical (unpaired) electrons. The van der Waals surface area contributed by atoms with Crippen molar-refractivity contribution in [3.63, 3.8) is 0 Å². The SMILES string of the molecule is COc1cc(C=C2C(=O)CC(C)(C)CC2=O)cc(OC)c1. The first-order chi connectivity index (χ1) is 9.84. The Hall–Kier alpha value is -2.10. The summed E-state index contributed by atoms with van der Waals surface area (Å²) >= 11 is 0. The highest BCUT2D eigenvalue weighted by Gasteiger charge is 2.35. The second kappa shape index (κ2) is 5.72. The van der Waals surface area contributed by atoms with E-state index in [1.165, 1.54) is 0 Å². The third kappa shape index (κ3) is 3.51. The second-order valence-corrected chi connectivity index (χ2v) is 6.07. The third-order valence-corrected chi connectivity index (χ3v) is 3.56. The Morgan fingerprint density at radius 3 is 1.86 bits per heavy atom. The molecule has 1 aromatic rings. The van der Waals surface area contributed by atoms with Gasteiger partial charge in [0.25, 0.3) is 0 Å². The van der Waals surface area contributed by atoms with Gasteiger partial charge in [-0.15, -0.1) is 0 Å². The van der Waals surface area contributed by atoms with Gasteiger partial charge in [0.2, 0.25) is 0 Å². The molecule has 0 unspecified atom stereocenters. The summed E-state index contributed by atoms with van der Waals surface area (Å²) in [4.78, 5) is 24.4. The molecule has 4 nitrogen and oxygen atoms in total. The molecule has 21 heavy (non-hydrogen) atoms. The smallest absolute Gasteiger partial charge is 0.167 e. The molecule has 0 aliphatic heterocycles. The molecule has 0 bridgehead atoms. The quantitative estimate of drug-likeness (QED) is 0.633. The van der Waals surface area contributed by atoms with Gasteiger partial charge in [0.05, 0.1) is 19.8 Å². The third-order valence-electron chi connectivity index (χ3n) is 3.56. The Morgan fingerprint density at radius 1 is 0.952 bits per heavy atom. The Kier molecular flexibility index (Phi) is 4.16. The number of Topliss-reactive ketones (excluding diaryl/α,β-unsaturated/α-hetero) is 2. The molecule has 0 N–H and O–H groups in total. The van der Waals surface area contributed by atoms with Crippen LogP contribution in [-0.2, 0) is 9.59 Å². The van der Waals surface area contributed by atoms with E-state index in [0.29, 0.717) is 24.3 Å². The van der Waals surface area contributed by atoms with E-state index < -0.39 is 0 Å². The van der Waals surface area contributed by atoms with Crippen LogP contribution in [0.15, 0.2) is 23.8 Å². The Morgan fingerprint density at radius 2 is 1.43 bits per heavy atom. The highest BCUT2D eigenvalue weighted by molar-refractivity contribution is 6.25. The van der Waals surface area contributed by atoms with Gasteiger partial charge in [-0.3, -0.25) is 9.59 Å². The van der Waals surface area contributed by atoms with Gasteiger partial charge in [-0.05, 0) is 29.2 Å². The maximum atomic E-state index is 12.2. The van der Waals surface area contributed by atoms with Gasteiger partial charge in [-0.25, -0.2) is 0 Å². The van der Waals surface area contributed by atoms with Gasteiger partial charge in [-0.2, -0.15) is 0 Å². The van der Waals surface area contributed by atoms with E-state index in [2.05, 4.69) is 0 Å². The van der Waals surface area contributed by atoms with Crippen LogP contribution in [0.5, 0.6) is 11.5 Å². The predicted octanol–water partition coefficient (Wildman–Crippen LogP) is 3.05. The highest BCUT2D eigenvalue weighted by Crippen LogP contribution is 2.34. The fraction of sp³-hybridized carbons (Fsp3) is 0.412. The first-order valence-corrected chi connectivity index (χ1v) is 6.86. The molecule has 1 aromatic carbocycles. The average molecular weight is 288 g/mol. The number of benzene rings is 1. The zero-order chi connectivity index (χ0) is 15.6. The van der Waals surface area contributed by atoms with E-state index in [1.54, 1.807) is 38.5 Å². The van der Waals surface area contributed by atoms with Crippen molar-refractivity contribution in [3.8, 4) is 11.5 Å². The van der Waals surface area contributed by atoms with Crippen molar-refractivity contribution in [1.82, 2.24) is 0 Å². The van der Waals surface area contributed by atoms with Crippen molar-refractivity contribution in [2.45, 2.75) is 26.7 Å². The molecule has 1 aliphatic carbocycles. The number of rotatable bonds is 3. The average Bonchev–Trinajstić information content (AvgIpc) is 2.41. The maximum Gasteiger partial charge on any atom is 0.167 e. The van der Waals surface area contributed by atoms with E-state index in [4.69, 9.17) is 9.47 Å². The molecule has 0 saturated heterocycles. The number of ether oxygens (including phenoxy) is 2. The van der Waals surface area contributed by atoms with E-state index in [0.717, 1.165) is 5.56 Å². The first kappa shape index (κ1) is 15.3. The summed E-state index contributed by atoms with van der Waals surface area (Å²) in [6.45, 7) is 3.88. The Bertz CT molecular complexity index is 567. The molecule has 0 atom stereocenters. The highest BCUT2D eigenvalue weighted by atomic mass is 16.5. The fourth-order valence-corrected chi connectivity index (χ4v) is 2.52. The number of ketones is 2. The van der Waals surface area contributed by atoms with Crippen molar-refractivity contribution in [2.24, 2.45) is 5.41 Å². The molecule has 112 valence electrons. The molecule has 0 spiro atoms. The molecule has 2 rings (SSSR count). The summed E-state index contributed by atoms with van der Waals surface area (Å²) in [7, 11) is 3.12. The van der Waals surface area contributed by atoms with Crippen LogP contribution < -0.4 is 9.47 Å². The van der Waals surface area contributed by atoms with Crippen LogP contribution in [0, 0.1) is 5.41 Å². The molecule has 0 aromatic heterocycles. The predicted molar refractivity (Wildman–Crippen MR) is 80.6 cm³/mol. The van der Waals surface area contributed by atoms with Gasteiger partial charge in [-0.1, -0.05) is 13.8 Å². The molecular weight excluding hydrogens is 268 g/mol. The number of allylic oxidation sites excluding steroid dienone is 1. The lowest BCUT2D eigenvalue weighted by Crippen LogP contribution is -2.31. The minimum Gasteiger partial charge on any atom is -0.497 e. The lowest BCUT2D eigenvalue weighted by molar-refractivity contribution is -0.127. The summed E-state index contributed by atoms with van der Waals surface area (Å²) in [5.41, 5.74) is 0.740. The Balaban J connectivity index is 2.39. The lowest BCUT2D eigenvalue weighted by atomic mass is 9.74. The van der Waals surface area contributed by atoms with Crippen molar-refractivity contribution in [3.05, 3.63) is 29.3 Å². The summed E-state index contributed by atoms with van der Waals surface area (Å²) in [5.74, 6) is 1.05. The topological polar surface area (TPSA) is 52.6 Å². The van der Waals surface area contributed by atoms with Crippen molar-refractivity contribution < 1.29 is 19.1 Å². The normalized spacial score (nSPS) is 17.6. The van der Waals surface area contributed by atoms with Gasteiger partial charge in [0.1, 0.15) is 11.5 Å². The van der Waals surface area contributed by atoms with Crippen LogP contribution in [0.2, 0.25) is 0 Å². The summed E-state index contributed by atoms with van der Waals surface area (Å²) < 4.78 is 10.4. The zero-order valence-electron chi connectivity index (χ0n) is 12.9. The number of hydrogen-bond acceptors (Lipinski definition) is 4. The molecule has 1 saturated carbocycles. The summed E-state index contributed by atoms with van der Waals surface area (Å²) in [6, 6.07) is 5.29. The van der Waals surface area contributed by atoms with Gasteiger partial charge in [0.15, 0.2) is 11.6 Å². The van der Waals surface area contributed by atoms with Gasteiger partial charge >= 0.3 is 0 Å². The van der Waals surface area contributed by atoms with Crippen molar-refractivity contribution in [2.75, 3.05) is 14.2 Å². The largest absolute Gasteiger partial charge is 0.497 e. The number of methoxy groups -OCH3 is 2. The summed E-state index contributed by atoms with van der Waals surface area (Å²) in [5, 5.41) is 0. The van der Waals surface area contributed by atoms with E-state index in [9.17, 15) is 9.59 Å². The zero-order valence-corrected chi connectivity index (χ0v) is 12.9. The maximum absolute atomic E-state index is 12.2. The summed E-state index contributed by atoms with van der Waals surface area (Å²) in [6.07, 6.45) is 2.42. The van der Waals surface area contributed by atoms with E-state index in [-0.39, 0.29) is 22.6 Å². The number of carbonyl (C=O) groups is 2. The Labute approximate surface area is 124 Å². The standard InChI is InChI=1S/C17H20O4/c1-17(2)9-15(18)14(16(19)10-17)7-11-5-12(20-3)8-13(6-11)21-4/h5-8H,9-10H2,1-4H3. The van der Waals surface area contributed by atoms with E-state index >= 15 is 0 Å². The van der Waals surface area contributed by atoms with Crippen LogP contribution in [0.25, 0.3) is 6.08 Å². The molecule has 1 aliphatic rings. The molecule has 1 fully saturated rings. The van der Waals surface area contributed by atoms with Gasteiger partial charge < -0.3 is 9.47 Å².